The van der Waals surface area contributed by atoms with Crippen molar-refractivity contribution in [2.75, 3.05) is 0 Å². The minimum atomic E-state index is 0.312. The van der Waals surface area contributed by atoms with Crippen LogP contribution < -0.4 is 5.32 Å². The third kappa shape index (κ3) is 1.61. The van der Waals surface area contributed by atoms with Gasteiger partial charge in [-0.1, -0.05) is 51.2 Å². The summed E-state index contributed by atoms with van der Waals surface area (Å²) in [5.74, 6) is 0. The third-order valence-corrected chi connectivity index (χ3v) is 2.71. The maximum Gasteiger partial charge on any atom is 0.0511 e. The van der Waals surface area contributed by atoms with Gasteiger partial charge in [0, 0.05) is 6.04 Å². The lowest BCUT2D eigenvalue weighted by molar-refractivity contribution is 0.323. The monoisotopic (exact) mass is 175 g/mol. The van der Waals surface area contributed by atoms with Crippen LogP contribution in [0.1, 0.15) is 20.8 Å². The van der Waals surface area contributed by atoms with E-state index >= 15 is 0 Å². The number of rotatable bonds is 0. The van der Waals surface area contributed by atoms with Gasteiger partial charge < -0.3 is 0 Å². The van der Waals surface area contributed by atoms with Crippen molar-refractivity contribution in [2.24, 2.45) is 5.41 Å². The fraction of sp³-hybridized carbons (Fsp3) is 0.500. The Kier molecular flexibility index (Phi) is 1.92. The molecule has 0 saturated carbocycles. The summed E-state index contributed by atoms with van der Waals surface area (Å²) >= 11 is 0. The van der Waals surface area contributed by atoms with Gasteiger partial charge in [0.2, 0.25) is 0 Å². The van der Waals surface area contributed by atoms with E-state index < -0.39 is 0 Å². The van der Waals surface area contributed by atoms with Crippen LogP contribution >= 0.6 is 0 Å². The molecule has 2 atom stereocenters. The minimum Gasteiger partial charge on any atom is -0.300 e. The second-order valence-electron chi connectivity index (χ2n) is 4.90. The largest absolute Gasteiger partial charge is 0.300 e. The van der Waals surface area contributed by atoms with Gasteiger partial charge in [0.25, 0.3) is 0 Å². The van der Waals surface area contributed by atoms with Crippen LogP contribution in [-0.4, -0.2) is 12.1 Å². The van der Waals surface area contributed by atoms with Crippen molar-refractivity contribution in [3.05, 3.63) is 36.0 Å². The lowest BCUT2D eigenvalue weighted by Gasteiger charge is -2.27. The molecule has 0 aromatic rings. The van der Waals surface area contributed by atoms with Crippen molar-refractivity contribution in [3.8, 4) is 0 Å². The molecule has 0 aromatic heterocycles. The number of hydrogen-bond acceptors (Lipinski definition) is 1. The van der Waals surface area contributed by atoms with Gasteiger partial charge >= 0.3 is 0 Å². The molecule has 1 heteroatoms. The van der Waals surface area contributed by atoms with Crippen LogP contribution in [0.5, 0.6) is 0 Å². The molecule has 1 aliphatic heterocycles. The van der Waals surface area contributed by atoms with Gasteiger partial charge in [-0.15, -0.1) is 0 Å². The molecule has 0 amide bonds. The Labute approximate surface area is 80.2 Å². The standard InChI is InChI=1S/C12H17N/c1-12(2,3)11-8-9-6-4-5-7-10(9)13-11/h4-8,10-11,13H,1-3H3. The van der Waals surface area contributed by atoms with E-state index in [0.717, 1.165) is 0 Å². The lowest BCUT2D eigenvalue weighted by Crippen LogP contribution is -2.39. The summed E-state index contributed by atoms with van der Waals surface area (Å²) in [6.45, 7) is 6.81. The highest BCUT2D eigenvalue weighted by atomic mass is 15.0. The Bertz CT molecular complexity index is 289. The quantitative estimate of drug-likeness (QED) is 0.596. The average molecular weight is 175 g/mol. The van der Waals surface area contributed by atoms with Gasteiger partial charge in [-0.2, -0.15) is 0 Å². The summed E-state index contributed by atoms with van der Waals surface area (Å²) in [6.07, 6.45) is 11.0. The van der Waals surface area contributed by atoms with Crippen LogP contribution in [0.4, 0.5) is 0 Å². The first-order chi connectivity index (χ1) is 6.07. The van der Waals surface area contributed by atoms with Crippen LogP contribution in [0.15, 0.2) is 36.0 Å². The summed E-state index contributed by atoms with van der Waals surface area (Å²) in [5.41, 5.74) is 1.73. The highest BCUT2D eigenvalue weighted by molar-refractivity contribution is 5.41. The zero-order chi connectivity index (χ0) is 9.47. The van der Waals surface area contributed by atoms with Crippen molar-refractivity contribution in [1.29, 1.82) is 0 Å². The van der Waals surface area contributed by atoms with E-state index in [9.17, 15) is 0 Å². The Morgan fingerprint density at radius 3 is 2.62 bits per heavy atom. The molecular formula is C12H17N. The molecule has 0 saturated heterocycles. The van der Waals surface area contributed by atoms with E-state index in [-0.39, 0.29) is 0 Å². The zero-order valence-corrected chi connectivity index (χ0v) is 8.54. The van der Waals surface area contributed by atoms with Crippen LogP contribution in [0.3, 0.4) is 0 Å². The van der Waals surface area contributed by atoms with Crippen molar-refractivity contribution in [1.82, 2.24) is 5.32 Å². The second kappa shape index (κ2) is 2.85. The van der Waals surface area contributed by atoms with Crippen LogP contribution in [0.25, 0.3) is 0 Å². The maximum absolute atomic E-state index is 3.60. The predicted molar refractivity (Wildman–Crippen MR) is 56.5 cm³/mol. The van der Waals surface area contributed by atoms with E-state index in [2.05, 4.69) is 56.5 Å². The SMILES string of the molecule is CC(C)(C)C1C=C2C=CC=CC2N1. The lowest BCUT2D eigenvalue weighted by atomic mass is 9.87. The first-order valence-electron chi connectivity index (χ1n) is 4.90. The molecular weight excluding hydrogens is 158 g/mol. The normalized spacial score (nSPS) is 31.8. The van der Waals surface area contributed by atoms with Crippen molar-refractivity contribution in [2.45, 2.75) is 32.9 Å². The Hall–Kier alpha value is -0.820. The topological polar surface area (TPSA) is 12.0 Å². The molecule has 0 aromatic carbocycles. The Balaban J connectivity index is 2.21. The molecule has 0 radical (unpaired) electrons. The molecule has 13 heavy (non-hydrogen) atoms. The summed E-state index contributed by atoms with van der Waals surface area (Å²) < 4.78 is 0. The van der Waals surface area contributed by atoms with Gasteiger partial charge in [-0.3, -0.25) is 5.32 Å². The van der Waals surface area contributed by atoms with Crippen LogP contribution in [0, 0.1) is 5.41 Å². The fourth-order valence-corrected chi connectivity index (χ4v) is 1.80. The molecule has 1 heterocycles. The first-order valence-corrected chi connectivity index (χ1v) is 4.90. The average Bonchev–Trinajstić information content (AvgIpc) is 2.45. The first kappa shape index (κ1) is 8.76. The predicted octanol–water partition coefficient (Wildman–Crippen LogP) is 2.43. The molecule has 70 valence electrons. The summed E-state index contributed by atoms with van der Waals surface area (Å²) in [4.78, 5) is 0. The van der Waals surface area contributed by atoms with Crippen molar-refractivity contribution >= 4 is 0 Å². The van der Waals surface area contributed by atoms with Gasteiger partial charge in [-0.05, 0) is 11.0 Å². The molecule has 1 N–H and O–H groups in total. The molecule has 2 unspecified atom stereocenters. The highest BCUT2D eigenvalue weighted by Gasteiger charge is 2.30. The summed E-state index contributed by atoms with van der Waals surface area (Å²) in [6, 6.07) is 0.953. The molecule has 0 spiro atoms. The number of fused-ring (bicyclic) bond motifs is 1. The Morgan fingerprint density at radius 1 is 1.23 bits per heavy atom. The summed E-state index contributed by atoms with van der Waals surface area (Å²) in [5, 5.41) is 3.60. The third-order valence-electron chi connectivity index (χ3n) is 2.71. The Morgan fingerprint density at radius 2 is 2.00 bits per heavy atom. The maximum atomic E-state index is 3.60. The fourth-order valence-electron chi connectivity index (χ4n) is 1.80. The van der Waals surface area contributed by atoms with E-state index in [4.69, 9.17) is 0 Å². The van der Waals surface area contributed by atoms with E-state index in [1.807, 2.05) is 0 Å². The van der Waals surface area contributed by atoms with Gasteiger partial charge in [0.1, 0.15) is 0 Å². The minimum absolute atomic E-state index is 0.312. The molecule has 0 fully saturated rings. The molecule has 1 nitrogen and oxygen atoms in total. The molecule has 2 aliphatic rings. The van der Waals surface area contributed by atoms with Crippen molar-refractivity contribution < 1.29 is 0 Å². The number of allylic oxidation sites excluding steroid dienone is 2. The van der Waals surface area contributed by atoms with Crippen LogP contribution in [0.2, 0.25) is 0 Å². The highest BCUT2D eigenvalue weighted by Crippen LogP contribution is 2.29. The van der Waals surface area contributed by atoms with Gasteiger partial charge in [-0.25, -0.2) is 0 Å². The molecule has 1 aliphatic carbocycles. The van der Waals surface area contributed by atoms with E-state index in [0.29, 0.717) is 17.5 Å². The zero-order valence-electron chi connectivity index (χ0n) is 8.54. The molecule has 0 bridgehead atoms. The number of hydrogen-bond donors (Lipinski definition) is 1. The number of nitrogens with one attached hydrogen (secondary N) is 1. The van der Waals surface area contributed by atoms with Crippen LogP contribution in [-0.2, 0) is 0 Å². The molecule has 2 rings (SSSR count). The van der Waals surface area contributed by atoms with Gasteiger partial charge in [0.05, 0.1) is 6.04 Å². The second-order valence-corrected chi connectivity index (χ2v) is 4.90. The van der Waals surface area contributed by atoms with E-state index in [1.54, 1.807) is 0 Å². The smallest absolute Gasteiger partial charge is 0.0511 e. The summed E-state index contributed by atoms with van der Waals surface area (Å²) in [7, 11) is 0. The van der Waals surface area contributed by atoms with Crippen molar-refractivity contribution in [3.63, 3.8) is 0 Å². The van der Waals surface area contributed by atoms with E-state index in [1.165, 1.54) is 5.57 Å². The van der Waals surface area contributed by atoms with Gasteiger partial charge in [0.15, 0.2) is 0 Å².